The molecular weight excluding hydrogens is 396 g/mol. The summed E-state index contributed by atoms with van der Waals surface area (Å²) in [5.41, 5.74) is 1.12. The molecule has 6 heteroatoms. The van der Waals surface area contributed by atoms with Gasteiger partial charge in [-0.2, -0.15) is 5.26 Å². The number of anilines is 1. The lowest BCUT2D eigenvalue weighted by Crippen LogP contribution is -2.14. The zero-order valence-electron chi connectivity index (χ0n) is 14.6. The SMILES string of the molecule is CCCOc1ccc(Br)cc1/C=C(\C#N)C(=O)Nc1ccccc1OC. The Hall–Kier alpha value is -2.78. The molecule has 0 saturated carbocycles. The van der Waals surface area contributed by atoms with Gasteiger partial charge in [-0.1, -0.05) is 35.0 Å². The summed E-state index contributed by atoms with van der Waals surface area (Å²) in [6.45, 7) is 2.56. The van der Waals surface area contributed by atoms with Crippen LogP contribution in [0.4, 0.5) is 5.69 Å². The van der Waals surface area contributed by atoms with E-state index in [9.17, 15) is 10.1 Å². The number of carbonyl (C=O) groups is 1. The Bertz CT molecular complexity index is 856. The molecule has 0 spiro atoms. The van der Waals surface area contributed by atoms with E-state index < -0.39 is 5.91 Å². The van der Waals surface area contributed by atoms with Crippen LogP contribution in [0.1, 0.15) is 18.9 Å². The number of hydrogen-bond acceptors (Lipinski definition) is 4. The van der Waals surface area contributed by atoms with Gasteiger partial charge in [-0.25, -0.2) is 0 Å². The Morgan fingerprint density at radius 3 is 2.73 bits per heavy atom. The third-order valence-electron chi connectivity index (χ3n) is 3.45. The van der Waals surface area contributed by atoms with Gasteiger partial charge in [0.2, 0.25) is 0 Å². The van der Waals surface area contributed by atoms with E-state index in [-0.39, 0.29) is 5.57 Å². The number of methoxy groups -OCH3 is 1. The van der Waals surface area contributed by atoms with Crippen LogP contribution >= 0.6 is 15.9 Å². The molecule has 0 fully saturated rings. The van der Waals surface area contributed by atoms with Gasteiger partial charge < -0.3 is 14.8 Å². The van der Waals surface area contributed by atoms with Crippen LogP contribution in [0.15, 0.2) is 52.5 Å². The fraction of sp³-hybridized carbons (Fsp3) is 0.200. The minimum Gasteiger partial charge on any atom is -0.495 e. The van der Waals surface area contributed by atoms with E-state index in [1.165, 1.54) is 13.2 Å². The molecule has 0 saturated heterocycles. The van der Waals surface area contributed by atoms with E-state index in [1.807, 2.05) is 19.1 Å². The van der Waals surface area contributed by atoms with Gasteiger partial charge in [-0.15, -0.1) is 0 Å². The Morgan fingerprint density at radius 1 is 1.27 bits per heavy atom. The van der Waals surface area contributed by atoms with Crippen LogP contribution in [0.2, 0.25) is 0 Å². The molecule has 0 atom stereocenters. The normalized spacial score (nSPS) is 10.8. The summed E-state index contributed by atoms with van der Waals surface area (Å²) in [7, 11) is 1.52. The van der Waals surface area contributed by atoms with Crippen LogP contribution in [-0.4, -0.2) is 19.6 Å². The standard InChI is InChI=1S/C20H19BrN2O3/c1-3-10-26-18-9-8-16(21)12-14(18)11-15(13-22)20(24)23-17-6-4-5-7-19(17)25-2/h4-9,11-12H,3,10H2,1-2H3,(H,23,24)/b15-11+. The van der Waals surface area contributed by atoms with Crippen molar-refractivity contribution >= 4 is 33.6 Å². The van der Waals surface area contributed by atoms with Crippen LogP contribution in [0, 0.1) is 11.3 Å². The molecule has 1 amide bonds. The smallest absolute Gasteiger partial charge is 0.266 e. The molecule has 0 unspecified atom stereocenters. The second-order valence-corrected chi connectivity index (χ2v) is 6.27. The molecular formula is C20H19BrN2O3. The Balaban J connectivity index is 2.31. The third kappa shape index (κ3) is 5.11. The number of carbonyl (C=O) groups excluding carboxylic acids is 1. The zero-order valence-corrected chi connectivity index (χ0v) is 16.2. The average Bonchev–Trinajstić information content (AvgIpc) is 2.65. The fourth-order valence-corrected chi connectivity index (χ4v) is 2.60. The number of amides is 1. The van der Waals surface area contributed by atoms with Crippen molar-refractivity contribution in [2.45, 2.75) is 13.3 Å². The second kappa shape index (κ2) is 9.64. The maximum Gasteiger partial charge on any atom is 0.266 e. The van der Waals surface area contributed by atoms with Gasteiger partial charge in [0.05, 0.1) is 19.4 Å². The summed E-state index contributed by atoms with van der Waals surface area (Å²) in [4.78, 5) is 12.5. The summed E-state index contributed by atoms with van der Waals surface area (Å²) in [6.07, 6.45) is 2.37. The summed E-state index contributed by atoms with van der Waals surface area (Å²) in [6, 6.07) is 14.4. The van der Waals surface area contributed by atoms with Crippen LogP contribution in [0.3, 0.4) is 0 Å². The largest absolute Gasteiger partial charge is 0.495 e. The number of hydrogen-bond donors (Lipinski definition) is 1. The lowest BCUT2D eigenvalue weighted by molar-refractivity contribution is -0.112. The van der Waals surface area contributed by atoms with E-state index in [1.54, 1.807) is 36.4 Å². The van der Waals surface area contributed by atoms with Crippen molar-refractivity contribution in [3.8, 4) is 17.6 Å². The molecule has 1 N–H and O–H groups in total. The number of benzene rings is 2. The summed E-state index contributed by atoms with van der Waals surface area (Å²) in [5, 5.41) is 12.1. The van der Waals surface area contributed by atoms with Crippen molar-refractivity contribution in [3.05, 3.63) is 58.1 Å². The first-order valence-corrected chi connectivity index (χ1v) is 8.86. The summed E-state index contributed by atoms with van der Waals surface area (Å²) >= 11 is 3.40. The van der Waals surface area contributed by atoms with Gasteiger partial charge in [-0.3, -0.25) is 4.79 Å². The molecule has 134 valence electrons. The van der Waals surface area contributed by atoms with E-state index in [0.717, 1.165) is 10.9 Å². The van der Waals surface area contributed by atoms with Gasteiger partial charge in [0.1, 0.15) is 23.1 Å². The van der Waals surface area contributed by atoms with Crippen molar-refractivity contribution in [2.75, 3.05) is 19.0 Å². The zero-order chi connectivity index (χ0) is 18.9. The van der Waals surface area contributed by atoms with Crippen molar-refractivity contribution in [1.29, 1.82) is 5.26 Å². The van der Waals surface area contributed by atoms with Crippen LogP contribution in [0.25, 0.3) is 6.08 Å². The highest BCUT2D eigenvalue weighted by molar-refractivity contribution is 9.10. The quantitative estimate of drug-likeness (QED) is 0.521. The number of nitriles is 1. The summed E-state index contributed by atoms with van der Waals surface area (Å²) < 4.78 is 11.7. The van der Waals surface area contributed by atoms with Gasteiger partial charge in [0.25, 0.3) is 5.91 Å². The molecule has 2 aromatic carbocycles. The molecule has 0 heterocycles. The summed E-state index contributed by atoms with van der Waals surface area (Å²) in [5.74, 6) is 0.624. The first kappa shape index (κ1) is 19.5. The second-order valence-electron chi connectivity index (χ2n) is 5.35. The molecule has 2 rings (SSSR count). The molecule has 5 nitrogen and oxygen atoms in total. The number of nitrogens with one attached hydrogen (secondary N) is 1. The van der Waals surface area contributed by atoms with Crippen LogP contribution in [0.5, 0.6) is 11.5 Å². The third-order valence-corrected chi connectivity index (χ3v) is 3.95. The van der Waals surface area contributed by atoms with Gasteiger partial charge >= 0.3 is 0 Å². The van der Waals surface area contributed by atoms with E-state index >= 15 is 0 Å². The minimum absolute atomic E-state index is 0.0321. The molecule has 0 bridgehead atoms. The first-order valence-electron chi connectivity index (χ1n) is 8.07. The number of nitrogens with zero attached hydrogens (tertiary/aromatic N) is 1. The lowest BCUT2D eigenvalue weighted by Gasteiger charge is -2.11. The number of ether oxygens (including phenoxy) is 2. The number of para-hydroxylation sites is 2. The van der Waals surface area contributed by atoms with Gasteiger partial charge in [0, 0.05) is 10.0 Å². The highest BCUT2D eigenvalue weighted by Gasteiger charge is 2.13. The monoisotopic (exact) mass is 414 g/mol. The molecule has 0 aromatic heterocycles. The van der Waals surface area contributed by atoms with Crippen molar-refractivity contribution in [3.63, 3.8) is 0 Å². The highest BCUT2D eigenvalue weighted by atomic mass is 79.9. The topological polar surface area (TPSA) is 71.3 Å². The van der Waals surface area contributed by atoms with Crippen molar-refractivity contribution in [1.82, 2.24) is 0 Å². The predicted octanol–water partition coefficient (Wildman–Crippen LogP) is 4.79. The molecule has 26 heavy (non-hydrogen) atoms. The molecule has 0 aliphatic heterocycles. The van der Waals surface area contributed by atoms with Crippen molar-refractivity contribution in [2.24, 2.45) is 0 Å². The molecule has 0 aliphatic rings. The molecule has 2 aromatic rings. The highest BCUT2D eigenvalue weighted by Crippen LogP contribution is 2.27. The first-order chi connectivity index (χ1) is 12.6. The van der Waals surface area contributed by atoms with Crippen LogP contribution in [-0.2, 0) is 4.79 Å². The van der Waals surface area contributed by atoms with E-state index in [2.05, 4.69) is 21.2 Å². The Kier molecular flexibility index (Phi) is 7.24. The van der Waals surface area contributed by atoms with E-state index in [0.29, 0.717) is 29.4 Å². The Morgan fingerprint density at radius 2 is 2.04 bits per heavy atom. The van der Waals surface area contributed by atoms with Gasteiger partial charge in [0.15, 0.2) is 0 Å². The molecule has 0 aliphatic carbocycles. The van der Waals surface area contributed by atoms with Crippen LogP contribution < -0.4 is 14.8 Å². The van der Waals surface area contributed by atoms with Crippen molar-refractivity contribution < 1.29 is 14.3 Å². The maximum atomic E-state index is 12.5. The molecule has 0 radical (unpaired) electrons. The Labute approximate surface area is 161 Å². The number of rotatable bonds is 7. The van der Waals surface area contributed by atoms with E-state index in [4.69, 9.17) is 9.47 Å². The minimum atomic E-state index is -0.515. The predicted molar refractivity (Wildman–Crippen MR) is 105 cm³/mol. The number of halogens is 1. The van der Waals surface area contributed by atoms with Gasteiger partial charge in [-0.05, 0) is 42.8 Å². The fourth-order valence-electron chi connectivity index (χ4n) is 2.22. The lowest BCUT2D eigenvalue weighted by atomic mass is 10.1. The maximum absolute atomic E-state index is 12.5. The average molecular weight is 415 g/mol.